The normalized spacial score (nSPS) is 19.9. The fraction of sp³-hybridized carbons (Fsp3) is 0.833. The number of hydrogen-bond donors (Lipinski definition) is 1. The average molecular weight is 252 g/mol. The predicted molar refractivity (Wildman–Crippen MR) is 65.1 cm³/mol. The summed E-state index contributed by atoms with van der Waals surface area (Å²) in [6.07, 6.45) is 5.62. The highest BCUT2D eigenvalue weighted by Gasteiger charge is 2.39. The van der Waals surface area contributed by atoms with Crippen molar-refractivity contribution in [3.8, 4) is 0 Å². The Morgan fingerprint density at radius 3 is 2.72 bits per heavy atom. The first-order chi connectivity index (χ1) is 8.59. The molecule has 1 atom stereocenters. The smallest absolute Gasteiger partial charge is 0.308 e. The molecule has 1 fully saturated rings. The molecular weight excluding hydrogens is 232 g/mol. The minimum atomic E-state index is -0.812. The maximum absolute atomic E-state index is 10.9. The zero-order valence-corrected chi connectivity index (χ0v) is 11.0. The van der Waals surface area contributed by atoms with Gasteiger partial charge in [-0.15, -0.1) is 5.10 Å². The van der Waals surface area contributed by atoms with Gasteiger partial charge in [-0.3, -0.25) is 4.79 Å². The van der Waals surface area contributed by atoms with Crippen molar-refractivity contribution >= 4 is 5.97 Å². The number of carboxylic acids is 1. The Labute approximate surface area is 106 Å². The van der Waals surface area contributed by atoms with Crippen molar-refractivity contribution in [2.75, 3.05) is 0 Å². The van der Waals surface area contributed by atoms with E-state index in [-0.39, 0.29) is 5.41 Å². The van der Waals surface area contributed by atoms with Gasteiger partial charge in [0.15, 0.2) is 5.82 Å². The molecule has 1 aliphatic carbocycles. The third kappa shape index (κ3) is 2.23. The van der Waals surface area contributed by atoms with Gasteiger partial charge in [0.05, 0.1) is 12.5 Å². The lowest BCUT2D eigenvalue weighted by atomic mass is 9.82. The van der Waals surface area contributed by atoms with Gasteiger partial charge >= 0.3 is 5.97 Å². The van der Waals surface area contributed by atoms with Crippen LogP contribution in [0.15, 0.2) is 0 Å². The van der Waals surface area contributed by atoms with Crippen LogP contribution in [-0.2, 0) is 16.8 Å². The summed E-state index contributed by atoms with van der Waals surface area (Å²) in [6, 6.07) is 0. The molecule has 0 bridgehead atoms. The standard InChI is InChI=1S/C12H20N4O2/c1-3-12(6-4-5-7-12)11-13-14-15-16(11)8-9(2)10(17)18/h9H,3-8H2,1-2H3,(H,17,18). The Morgan fingerprint density at radius 1 is 1.50 bits per heavy atom. The molecule has 6 heteroatoms. The first kappa shape index (κ1) is 13.0. The van der Waals surface area contributed by atoms with Gasteiger partial charge < -0.3 is 5.11 Å². The van der Waals surface area contributed by atoms with E-state index >= 15 is 0 Å². The first-order valence-corrected chi connectivity index (χ1v) is 6.58. The zero-order valence-electron chi connectivity index (χ0n) is 11.0. The quantitative estimate of drug-likeness (QED) is 0.861. The molecule has 0 aromatic carbocycles. The predicted octanol–water partition coefficient (Wildman–Crippen LogP) is 1.62. The fourth-order valence-electron chi connectivity index (χ4n) is 2.83. The third-order valence-electron chi connectivity index (χ3n) is 4.11. The van der Waals surface area contributed by atoms with Crippen LogP contribution in [0.3, 0.4) is 0 Å². The molecule has 1 saturated carbocycles. The van der Waals surface area contributed by atoms with Crippen molar-refractivity contribution in [3.63, 3.8) is 0 Å². The molecule has 1 heterocycles. The highest BCUT2D eigenvalue weighted by atomic mass is 16.4. The van der Waals surface area contributed by atoms with Gasteiger partial charge in [0.1, 0.15) is 0 Å². The van der Waals surface area contributed by atoms with E-state index < -0.39 is 11.9 Å². The third-order valence-corrected chi connectivity index (χ3v) is 4.11. The van der Waals surface area contributed by atoms with Crippen LogP contribution in [0.2, 0.25) is 0 Å². The zero-order chi connectivity index (χ0) is 13.2. The van der Waals surface area contributed by atoms with Gasteiger partial charge in [0.2, 0.25) is 0 Å². The van der Waals surface area contributed by atoms with Crippen LogP contribution >= 0.6 is 0 Å². The van der Waals surface area contributed by atoms with E-state index in [1.165, 1.54) is 12.8 Å². The molecule has 0 aliphatic heterocycles. The molecule has 1 aromatic rings. The molecule has 1 aromatic heterocycles. The fourth-order valence-corrected chi connectivity index (χ4v) is 2.83. The second-order valence-corrected chi connectivity index (χ2v) is 5.26. The maximum Gasteiger partial charge on any atom is 0.308 e. The summed E-state index contributed by atoms with van der Waals surface area (Å²) in [5.74, 6) is -0.411. The van der Waals surface area contributed by atoms with Crippen molar-refractivity contribution in [1.82, 2.24) is 20.2 Å². The Bertz CT molecular complexity index is 423. The summed E-state index contributed by atoms with van der Waals surface area (Å²) >= 11 is 0. The summed E-state index contributed by atoms with van der Waals surface area (Å²) in [7, 11) is 0. The van der Waals surface area contributed by atoms with Crippen LogP contribution in [-0.4, -0.2) is 31.3 Å². The minimum absolute atomic E-state index is 0.0573. The van der Waals surface area contributed by atoms with Gasteiger partial charge in [-0.2, -0.15) is 0 Å². The summed E-state index contributed by atoms with van der Waals surface area (Å²) in [5.41, 5.74) is 0.0573. The van der Waals surface area contributed by atoms with Crippen LogP contribution in [0.25, 0.3) is 0 Å². The van der Waals surface area contributed by atoms with Gasteiger partial charge in [-0.05, 0) is 29.7 Å². The maximum atomic E-state index is 10.9. The van der Waals surface area contributed by atoms with E-state index in [4.69, 9.17) is 5.11 Å². The first-order valence-electron chi connectivity index (χ1n) is 6.58. The van der Waals surface area contributed by atoms with Crippen LogP contribution in [0.1, 0.15) is 51.8 Å². The largest absolute Gasteiger partial charge is 0.481 e. The molecule has 0 radical (unpaired) electrons. The molecular formula is C12H20N4O2. The van der Waals surface area contributed by atoms with Gasteiger partial charge in [0.25, 0.3) is 0 Å². The van der Waals surface area contributed by atoms with Crippen molar-refractivity contribution < 1.29 is 9.90 Å². The number of tetrazole rings is 1. The van der Waals surface area contributed by atoms with E-state index in [0.29, 0.717) is 6.54 Å². The molecule has 2 rings (SSSR count). The number of aliphatic carboxylic acids is 1. The number of aromatic nitrogens is 4. The summed E-state index contributed by atoms with van der Waals surface area (Å²) < 4.78 is 1.69. The topological polar surface area (TPSA) is 80.9 Å². The number of carboxylic acid groups (broad SMARTS) is 1. The lowest BCUT2D eigenvalue weighted by molar-refractivity contribution is -0.141. The van der Waals surface area contributed by atoms with Crippen molar-refractivity contribution in [2.24, 2.45) is 5.92 Å². The Kier molecular flexibility index (Phi) is 3.63. The number of hydrogen-bond acceptors (Lipinski definition) is 4. The lowest BCUT2D eigenvalue weighted by Crippen LogP contribution is -2.29. The molecule has 1 N–H and O–H groups in total. The van der Waals surface area contributed by atoms with Crippen molar-refractivity contribution in [2.45, 2.75) is 57.9 Å². The molecule has 0 saturated heterocycles. The second kappa shape index (κ2) is 5.04. The van der Waals surface area contributed by atoms with E-state index in [9.17, 15) is 4.79 Å². The Morgan fingerprint density at radius 2 is 2.17 bits per heavy atom. The van der Waals surface area contributed by atoms with Crippen LogP contribution in [0, 0.1) is 5.92 Å². The van der Waals surface area contributed by atoms with E-state index in [1.807, 2.05) is 0 Å². The van der Waals surface area contributed by atoms with Crippen LogP contribution < -0.4 is 0 Å². The average Bonchev–Trinajstić information content (AvgIpc) is 2.97. The number of nitrogens with zero attached hydrogens (tertiary/aromatic N) is 4. The molecule has 100 valence electrons. The summed E-state index contributed by atoms with van der Waals surface area (Å²) in [5, 5.41) is 20.8. The van der Waals surface area contributed by atoms with E-state index in [0.717, 1.165) is 25.1 Å². The number of rotatable bonds is 5. The molecule has 18 heavy (non-hydrogen) atoms. The Balaban J connectivity index is 2.24. The lowest BCUT2D eigenvalue weighted by Gasteiger charge is -2.26. The molecule has 0 amide bonds. The van der Waals surface area contributed by atoms with Gasteiger partial charge in [0, 0.05) is 5.41 Å². The summed E-state index contributed by atoms with van der Waals surface area (Å²) in [4.78, 5) is 10.9. The second-order valence-electron chi connectivity index (χ2n) is 5.26. The van der Waals surface area contributed by atoms with Crippen LogP contribution in [0.4, 0.5) is 0 Å². The Hall–Kier alpha value is -1.46. The highest BCUT2D eigenvalue weighted by Crippen LogP contribution is 2.42. The van der Waals surface area contributed by atoms with Crippen LogP contribution in [0.5, 0.6) is 0 Å². The van der Waals surface area contributed by atoms with Gasteiger partial charge in [-0.25, -0.2) is 4.68 Å². The molecule has 1 aliphatic rings. The van der Waals surface area contributed by atoms with E-state index in [2.05, 4.69) is 22.4 Å². The highest BCUT2D eigenvalue weighted by molar-refractivity contribution is 5.69. The summed E-state index contributed by atoms with van der Waals surface area (Å²) in [6.45, 7) is 4.19. The molecule has 6 nitrogen and oxygen atoms in total. The van der Waals surface area contributed by atoms with Crippen molar-refractivity contribution in [1.29, 1.82) is 0 Å². The SMILES string of the molecule is CCC1(c2nnnn2CC(C)C(=O)O)CCCC1. The number of carbonyl (C=O) groups is 1. The minimum Gasteiger partial charge on any atom is -0.481 e. The molecule has 1 unspecified atom stereocenters. The van der Waals surface area contributed by atoms with Crippen molar-refractivity contribution in [3.05, 3.63) is 5.82 Å². The molecule has 0 spiro atoms. The monoisotopic (exact) mass is 252 g/mol. The van der Waals surface area contributed by atoms with E-state index in [1.54, 1.807) is 11.6 Å². The van der Waals surface area contributed by atoms with Gasteiger partial charge in [-0.1, -0.05) is 26.7 Å².